The van der Waals surface area contributed by atoms with E-state index in [1.165, 1.54) is 12.8 Å². The van der Waals surface area contributed by atoms with E-state index in [1.54, 1.807) is 6.08 Å². The van der Waals surface area contributed by atoms with Gasteiger partial charge in [-0.05, 0) is 30.3 Å². The molecular formula is C10H17BO. The molecule has 1 rings (SSSR count). The molecule has 0 aliphatic heterocycles. The van der Waals surface area contributed by atoms with Crippen molar-refractivity contribution in [2.75, 3.05) is 0 Å². The van der Waals surface area contributed by atoms with Crippen LogP contribution in [0.5, 0.6) is 0 Å². The summed E-state index contributed by atoms with van der Waals surface area (Å²) in [6, 6.07) is 0. The third-order valence-corrected chi connectivity index (χ3v) is 3.06. The fourth-order valence-corrected chi connectivity index (χ4v) is 1.66. The van der Waals surface area contributed by atoms with Gasteiger partial charge < -0.3 is 5.11 Å². The Kier molecular flexibility index (Phi) is 2.66. The van der Waals surface area contributed by atoms with Crippen LogP contribution in [0, 0.1) is 5.92 Å². The Morgan fingerprint density at radius 2 is 2.33 bits per heavy atom. The maximum absolute atomic E-state index is 9.44. The summed E-state index contributed by atoms with van der Waals surface area (Å²) >= 11 is 0. The highest BCUT2D eigenvalue weighted by Gasteiger charge is 2.37. The third kappa shape index (κ3) is 1.74. The summed E-state index contributed by atoms with van der Waals surface area (Å²) in [7, 11) is 2.21. The van der Waals surface area contributed by atoms with Crippen LogP contribution in [-0.2, 0) is 0 Å². The van der Waals surface area contributed by atoms with Gasteiger partial charge in [-0.2, -0.15) is 0 Å². The van der Waals surface area contributed by atoms with Gasteiger partial charge in [-0.15, -0.1) is 0 Å². The number of aliphatic hydroxyl groups excluding tert-OH is 1. The van der Waals surface area contributed by atoms with Crippen molar-refractivity contribution in [3.63, 3.8) is 0 Å². The molecule has 2 atom stereocenters. The second kappa shape index (κ2) is 3.38. The van der Waals surface area contributed by atoms with E-state index < -0.39 is 0 Å². The Morgan fingerprint density at radius 3 is 2.67 bits per heavy atom. The van der Waals surface area contributed by atoms with Gasteiger partial charge in [-0.25, -0.2) is 0 Å². The Hall–Kier alpha value is -0.655. The molecule has 0 aromatic carbocycles. The number of allylic oxidation sites excluding steroid dienone is 3. The Balaban J connectivity index is 2.65. The average molecular weight is 164 g/mol. The van der Waals surface area contributed by atoms with Gasteiger partial charge in [0.1, 0.15) is 13.6 Å². The summed E-state index contributed by atoms with van der Waals surface area (Å²) in [5, 5.41) is 9.68. The van der Waals surface area contributed by atoms with Crippen LogP contribution in [0.2, 0.25) is 5.31 Å². The summed E-state index contributed by atoms with van der Waals surface area (Å²) < 4.78 is 0. The molecule has 0 aromatic rings. The van der Waals surface area contributed by atoms with Crippen molar-refractivity contribution in [1.29, 1.82) is 0 Å². The smallest absolute Gasteiger partial charge is 0.114 e. The minimum absolute atomic E-state index is 0.240. The van der Waals surface area contributed by atoms with E-state index in [0.29, 0.717) is 11.7 Å². The minimum atomic E-state index is 0.240. The van der Waals surface area contributed by atoms with Crippen LogP contribution >= 0.6 is 0 Å². The molecule has 1 N–H and O–H groups in total. The summed E-state index contributed by atoms with van der Waals surface area (Å²) in [5.41, 5.74) is 0. The van der Waals surface area contributed by atoms with Crippen LogP contribution in [0.4, 0.5) is 0 Å². The fourth-order valence-electron chi connectivity index (χ4n) is 1.66. The van der Waals surface area contributed by atoms with Crippen LogP contribution in [-0.4, -0.2) is 13.0 Å². The zero-order valence-corrected chi connectivity index (χ0v) is 8.17. The van der Waals surface area contributed by atoms with Gasteiger partial charge in [0, 0.05) is 0 Å². The molecule has 0 amide bonds. The highest BCUT2D eigenvalue weighted by atomic mass is 16.3. The quantitative estimate of drug-likeness (QED) is 0.377. The third-order valence-electron chi connectivity index (χ3n) is 3.06. The van der Waals surface area contributed by atoms with Gasteiger partial charge >= 0.3 is 0 Å². The molecule has 1 saturated carbocycles. The van der Waals surface area contributed by atoms with Crippen molar-refractivity contribution in [2.24, 2.45) is 5.92 Å². The van der Waals surface area contributed by atoms with E-state index in [4.69, 9.17) is 0 Å². The second-order valence-corrected chi connectivity index (χ2v) is 4.01. The molecular weight excluding hydrogens is 147 g/mol. The highest BCUT2D eigenvalue weighted by molar-refractivity contribution is 6.17. The average Bonchev–Trinajstić information content (AvgIpc) is 2.02. The van der Waals surface area contributed by atoms with Crippen molar-refractivity contribution in [3.05, 3.63) is 24.0 Å². The van der Waals surface area contributed by atoms with Crippen LogP contribution in [0.15, 0.2) is 24.0 Å². The van der Waals surface area contributed by atoms with E-state index in [0.717, 1.165) is 0 Å². The molecule has 0 saturated heterocycles. The summed E-state index contributed by atoms with van der Waals surface area (Å²) in [6.07, 6.45) is 8.09. The minimum Gasteiger partial charge on any atom is -0.508 e. The summed E-state index contributed by atoms with van der Waals surface area (Å²) in [5.74, 6) is 1.12. The fraction of sp³-hybridized carbons (Fsp3) is 0.600. The SMILES string of the molecule is BC1(/C=C(O)\C=C/C)CCC1C. The molecule has 1 fully saturated rings. The molecule has 1 aliphatic rings. The number of rotatable bonds is 2. The monoisotopic (exact) mass is 164 g/mol. The molecule has 0 bridgehead atoms. The molecule has 12 heavy (non-hydrogen) atoms. The molecule has 0 radical (unpaired) electrons. The van der Waals surface area contributed by atoms with Crippen molar-refractivity contribution in [1.82, 2.24) is 0 Å². The van der Waals surface area contributed by atoms with Gasteiger partial charge in [-0.3, -0.25) is 0 Å². The Bertz CT molecular complexity index is 220. The maximum Gasteiger partial charge on any atom is 0.114 e. The first kappa shape index (κ1) is 9.43. The van der Waals surface area contributed by atoms with E-state index in [-0.39, 0.29) is 5.31 Å². The zero-order valence-electron chi connectivity index (χ0n) is 8.17. The number of aliphatic hydroxyl groups is 1. The van der Waals surface area contributed by atoms with Crippen LogP contribution < -0.4 is 0 Å². The summed E-state index contributed by atoms with van der Waals surface area (Å²) in [6.45, 7) is 4.15. The van der Waals surface area contributed by atoms with Crippen LogP contribution in [0.1, 0.15) is 26.7 Å². The van der Waals surface area contributed by atoms with Gasteiger partial charge in [-0.1, -0.05) is 25.8 Å². The van der Waals surface area contributed by atoms with Gasteiger partial charge in [0.15, 0.2) is 0 Å². The highest BCUT2D eigenvalue weighted by Crippen LogP contribution is 2.51. The number of hydrogen-bond donors (Lipinski definition) is 1. The molecule has 0 heterocycles. The summed E-state index contributed by atoms with van der Waals surface area (Å²) in [4.78, 5) is 0. The molecule has 2 unspecified atom stereocenters. The lowest BCUT2D eigenvalue weighted by atomic mass is 9.49. The molecule has 2 heteroatoms. The molecule has 1 nitrogen and oxygen atoms in total. The van der Waals surface area contributed by atoms with E-state index in [9.17, 15) is 5.11 Å². The first-order valence-corrected chi connectivity index (χ1v) is 4.63. The lowest BCUT2D eigenvalue weighted by Gasteiger charge is -2.43. The number of hydrogen-bond acceptors (Lipinski definition) is 1. The second-order valence-electron chi connectivity index (χ2n) is 4.01. The normalized spacial score (nSPS) is 36.8. The standard InChI is InChI=1S/C10H17BO/c1-3-4-9(12)7-10(11)6-5-8(10)2/h3-4,7-8,12H,5-6,11H2,1-2H3/b4-3-,9-7+. The predicted molar refractivity (Wildman–Crippen MR) is 55.2 cm³/mol. The topological polar surface area (TPSA) is 20.2 Å². The maximum atomic E-state index is 9.44. The van der Waals surface area contributed by atoms with Crippen LogP contribution in [0.25, 0.3) is 0 Å². The van der Waals surface area contributed by atoms with E-state index in [2.05, 4.69) is 14.8 Å². The molecule has 1 aliphatic carbocycles. The lowest BCUT2D eigenvalue weighted by Crippen LogP contribution is -2.30. The zero-order chi connectivity index (χ0) is 9.19. The van der Waals surface area contributed by atoms with Crippen molar-refractivity contribution < 1.29 is 5.11 Å². The van der Waals surface area contributed by atoms with E-state index in [1.807, 2.05) is 19.1 Å². The van der Waals surface area contributed by atoms with Crippen molar-refractivity contribution >= 4 is 7.85 Å². The van der Waals surface area contributed by atoms with Gasteiger partial charge in [0.05, 0.1) is 0 Å². The predicted octanol–water partition coefficient (Wildman–Crippen LogP) is 2.23. The van der Waals surface area contributed by atoms with Crippen molar-refractivity contribution in [3.8, 4) is 0 Å². The lowest BCUT2D eigenvalue weighted by molar-refractivity contribution is 0.264. The Labute approximate surface area is 75.6 Å². The molecule has 0 aromatic heterocycles. The van der Waals surface area contributed by atoms with Crippen LogP contribution in [0.3, 0.4) is 0 Å². The largest absolute Gasteiger partial charge is 0.508 e. The van der Waals surface area contributed by atoms with Gasteiger partial charge in [0.25, 0.3) is 0 Å². The van der Waals surface area contributed by atoms with E-state index >= 15 is 0 Å². The van der Waals surface area contributed by atoms with Gasteiger partial charge in [0.2, 0.25) is 0 Å². The molecule has 0 spiro atoms. The first-order valence-electron chi connectivity index (χ1n) is 4.63. The Morgan fingerprint density at radius 1 is 1.67 bits per heavy atom. The first-order chi connectivity index (χ1) is 5.58. The van der Waals surface area contributed by atoms with Crippen molar-refractivity contribution in [2.45, 2.75) is 32.0 Å². The molecule has 66 valence electrons.